The first-order chi connectivity index (χ1) is 10.4. The Labute approximate surface area is 136 Å². The van der Waals surface area contributed by atoms with Gasteiger partial charge in [0.1, 0.15) is 0 Å². The first-order valence-electron chi connectivity index (χ1n) is 7.25. The molecule has 0 saturated heterocycles. The number of carbonyl (C=O) groups is 1. The fourth-order valence-corrected chi connectivity index (χ4v) is 2.43. The first kappa shape index (κ1) is 16.4. The van der Waals surface area contributed by atoms with Crippen molar-refractivity contribution in [3.05, 3.63) is 59.1 Å². The zero-order valence-corrected chi connectivity index (χ0v) is 13.9. The Balaban J connectivity index is 2.00. The smallest absolute Gasteiger partial charge is 0.243 e. The molecule has 2 rings (SSSR count). The maximum absolute atomic E-state index is 12.0. The minimum atomic E-state index is -0.106. The molecule has 22 heavy (non-hydrogen) atoms. The fraction of sp³-hybridized carbons (Fsp3) is 0.278. The number of hydrogen-bond acceptors (Lipinski definition) is 2. The molecule has 0 radical (unpaired) electrons. The summed E-state index contributed by atoms with van der Waals surface area (Å²) in [6.07, 6.45) is 0. The minimum Gasteiger partial charge on any atom is -0.376 e. The SMILES string of the molecule is CC(C)(C)c1ccccc1NCC(=O)Nc1cccc(Cl)c1. The van der Waals surface area contributed by atoms with Gasteiger partial charge in [0, 0.05) is 16.4 Å². The standard InChI is InChI=1S/C18H21ClN2O/c1-18(2,3)15-9-4-5-10-16(15)20-12-17(22)21-14-8-6-7-13(19)11-14/h4-11,20H,12H2,1-3H3,(H,21,22). The molecule has 0 spiro atoms. The molecule has 0 unspecified atom stereocenters. The van der Waals surface area contributed by atoms with Gasteiger partial charge in [0.2, 0.25) is 5.91 Å². The number of rotatable bonds is 4. The lowest BCUT2D eigenvalue weighted by atomic mass is 9.86. The third-order valence-corrected chi connectivity index (χ3v) is 3.52. The van der Waals surface area contributed by atoms with Crippen LogP contribution in [0.1, 0.15) is 26.3 Å². The highest BCUT2D eigenvalue weighted by Gasteiger charge is 2.17. The summed E-state index contributed by atoms with van der Waals surface area (Å²) in [6, 6.07) is 15.2. The molecule has 0 aliphatic rings. The molecule has 0 fully saturated rings. The molecule has 116 valence electrons. The Hall–Kier alpha value is -2.00. The summed E-state index contributed by atoms with van der Waals surface area (Å²) < 4.78 is 0. The van der Waals surface area contributed by atoms with Gasteiger partial charge in [0.05, 0.1) is 6.54 Å². The van der Waals surface area contributed by atoms with E-state index in [-0.39, 0.29) is 17.9 Å². The predicted octanol–water partition coefficient (Wildman–Crippen LogP) is 4.69. The van der Waals surface area contributed by atoms with Crippen molar-refractivity contribution in [3.63, 3.8) is 0 Å². The zero-order chi connectivity index (χ0) is 16.2. The van der Waals surface area contributed by atoms with Crippen LogP contribution in [-0.2, 0) is 10.2 Å². The van der Waals surface area contributed by atoms with Crippen molar-refractivity contribution in [2.45, 2.75) is 26.2 Å². The highest BCUT2D eigenvalue weighted by Crippen LogP contribution is 2.29. The van der Waals surface area contributed by atoms with E-state index < -0.39 is 0 Å². The van der Waals surface area contributed by atoms with Crippen molar-refractivity contribution in [3.8, 4) is 0 Å². The largest absolute Gasteiger partial charge is 0.376 e. The van der Waals surface area contributed by atoms with Crippen LogP contribution in [0.3, 0.4) is 0 Å². The molecule has 0 aromatic heterocycles. The second-order valence-electron chi connectivity index (χ2n) is 6.21. The first-order valence-corrected chi connectivity index (χ1v) is 7.63. The molecule has 3 nitrogen and oxygen atoms in total. The van der Waals surface area contributed by atoms with Gasteiger partial charge in [-0.2, -0.15) is 0 Å². The number of para-hydroxylation sites is 1. The molecule has 4 heteroatoms. The van der Waals surface area contributed by atoms with Crippen LogP contribution >= 0.6 is 11.6 Å². The van der Waals surface area contributed by atoms with E-state index >= 15 is 0 Å². The normalized spacial score (nSPS) is 11.1. The number of halogens is 1. The summed E-state index contributed by atoms with van der Waals surface area (Å²) in [5.41, 5.74) is 2.89. The Bertz CT molecular complexity index is 662. The van der Waals surface area contributed by atoms with E-state index in [9.17, 15) is 4.79 Å². The molecular formula is C18H21ClN2O. The number of anilines is 2. The van der Waals surface area contributed by atoms with Crippen molar-refractivity contribution in [2.75, 3.05) is 17.2 Å². The highest BCUT2D eigenvalue weighted by atomic mass is 35.5. The van der Waals surface area contributed by atoms with Gasteiger partial charge >= 0.3 is 0 Å². The van der Waals surface area contributed by atoms with Gasteiger partial charge in [-0.15, -0.1) is 0 Å². The molecule has 0 atom stereocenters. The molecule has 2 aromatic rings. The Kier molecular flexibility index (Phi) is 5.09. The molecule has 0 heterocycles. The minimum absolute atomic E-state index is 0.0209. The van der Waals surface area contributed by atoms with Crippen LogP contribution < -0.4 is 10.6 Å². The van der Waals surface area contributed by atoms with Gasteiger partial charge < -0.3 is 10.6 Å². The van der Waals surface area contributed by atoms with Crippen molar-refractivity contribution in [1.29, 1.82) is 0 Å². The monoisotopic (exact) mass is 316 g/mol. The fourth-order valence-electron chi connectivity index (χ4n) is 2.24. The second-order valence-corrected chi connectivity index (χ2v) is 6.64. The highest BCUT2D eigenvalue weighted by molar-refractivity contribution is 6.30. The van der Waals surface area contributed by atoms with Crippen LogP contribution in [0, 0.1) is 0 Å². The van der Waals surface area contributed by atoms with E-state index in [1.54, 1.807) is 18.2 Å². The van der Waals surface area contributed by atoms with Gasteiger partial charge in [0.15, 0.2) is 0 Å². The van der Waals surface area contributed by atoms with Crippen LogP contribution in [0.25, 0.3) is 0 Å². The Morgan fingerprint density at radius 2 is 1.82 bits per heavy atom. The molecule has 0 saturated carbocycles. The molecule has 0 aliphatic heterocycles. The van der Waals surface area contributed by atoms with Gasteiger partial charge in [0.25, 0.3) is 0 Å². The summed E-state index contributed by atoms with van der Waals surface area (Å²) in [4.78, 5) is 12.0. The summed E-state index contributed by atoms with van der Waals surface area (Å²) in [7, 11) is 0. The van der Waals surface area contributed by atoms with E-state index in [1.807, 2.05) is 24.3 Å². The van der Waals surface area contributed by atoms with Crippen molar-refractivity contribution < 1.29 is 4.79 Å². The van der Waals surface area contributed by atoms with Crippen LogP contribution in [0.5, 0.6) is 0 Å². The van der Waals surface area contributed by atoms with E-state index in [0.29, 0.717) is 10.7 Å². The van der Waals surface area contributed by atoms with Crippen molar-refractivity contribution >= 4 is 28.9 Å². The molecule has 2 N–H and O–H groups in total. The van der Waals surface area contributed by atoms with Crippen LogP contribution in [0.2, 0.25) is 5.02 Å². The van der Waals surface area contributed by atoms with Crippen molar-refractivity contribution in [1.82, 2.24) is 0 Å². The Morgan fingerprint density at radius 1 is 1.09 bits per heavy atom. The summed E-state index contributed by atoms with van der Waals surface area (Å²) in [5.74, 6) is -0.106. The average molecular weight is 317 g/mol. The van der Waals surface area contributed by atoms with E-state index in [0.717, 1.165) is 5.69 Å². The lowest BCUT2D eigenvalue weighted by molar-refractivity contribution is -0.114. The number of hydrogen-bond donors (Lipinski definition) is 2. The zero-order valence-electron chi connectivity index (χ0n) is 13.1. The summed E-state index contributed by atoms with van der Waals surface area (Å²) in [6.45, 7) is 6.66. The summed E-state index contributed by atoms with van der Waals surface area (Å²) in [5, 5.41) is 6.64. The predicted molar refractivity (Wildman–Crippen MR) is 93.7 cm³/mol. The van der Waals surface area contributed by atoms with Crippen LogP contribution in [0.15, 0.2) is 48.5 Å². The number of nitrogens with one attached hydrogen (secondary N) is 2. The van der Waals surface area contributed by atoms with Crippen LogP contribution in [-0.4, -0.2) is 12.5 Å². The van der Waals surface area contributed by atoms with E-state index in [4.69, 9.17) is 11.6 Å². The molecule has 1 amide bonds. The quantitative estimate of drug-likeness (QED) is 0.859. The molecule has 0 aliphatic carbocycles. The number of carbonyl (C=O) groups excluding carboxylic acids is 1. The average Bonchev–Trinajstić information content (AvgIpc) is 2.44. The van der Waals surface area contributed by atoms with Gasteiger partial charge in [-0.05, 0) is 35.2 Å². The molecule has 2 aromatic carbocycles. The van der Waals surface area contributed by atoms with Gasteiger partial charge in [-0.25, -0.2) is 0 Å². The number of amides is 1. The van der Waals surface area contributed by atoms with E-state index in [1.165, 1.54) is 5.56 Å². The van der Waals surface area contributed by atoms with Crippen molar-refractivity contribution in [2.24, 2.45) is 0 Å². The van der Waals surface area contributed by atoms with Gasteiger partial charge in [-0.3, -0.25) is 4.79 Å². The van der Waals surface area contributed by atoms with Crippen LogP contribution in [0.4, 0.5) is 11.4 Å². The maximum Gasteiger partial charge on any atom is 0.243 e. The second kappa shape index (κ2) is 6.84. The lowest BCUT2D eigenvalue weighted by Crippen LogP contribution is -2.23. The van der Waals surface area contributed by atoms with Gasteiger partial charge in [-0.1, -0.05) is 56.6 Å². The topological polar surface area (TPSA) is 41.1 Å². The third-order valence-electron chi connectivity index (χ3n) is 3.28. The molecule has 0 bridgehead atoms. The Morgan fingerprint density at radius 3 is 2.50 bits per heavy atom. The third kappa shape index (κ3) is 4.50. The maximum atomic E-state index is 12.0. The lowest BCUT2D eigenvalue weighted by Gasteiger charge is -2.23. The number of benzene rings is 2. The summed E-state index contributed by atoms with van der Waals surface area (Å²) >= 11 is 5.91. The van der Waals surface area contributed by atoms with E-state index in [2.05, 4.69) is 37.5 Å². The molecular weight excluding hydrogens is 296 g/mol.